The number of anilines is 1. The first-order valence-electron chi connectivity index (χ1n) is 15.7. The number of hydrogen-bond donors (Lipinski definition) is 1. The number of hydrogen-bond acceptors (Lipinski definition) is 5. The lowest BCUT2D eigenvalue weighted by Gasteiger charge is -2.45. The van der Waals surface area contributed by atoms with Crippen molar-refractivity contribution in [3.8, 4) is 0 Å². The zero-order chi connectivity index (χ0) is 30.2. The lowest BCUT2D eigenvalue weighted by molar-refractivity contribution is -0.148. The molecule has 1 saturated carbocycles. The maximum Gasteiger partial charge on any atom is 0.247 e. The first kappa shape index (κ1) is 30.9. The van der Waals surface area contributed by atoms with Gasteiger partial charge in [0.15, 0.2) is 0 Å². The summed E-state index contributed by atoms with van der Waals surface area (Å²) in [6.07, 6.45) is 9.52. The Morgan fingerprint density at radius 2 is 1.76 bits per heavy atom. The molecule has 0 radical (unpaired) electrons. The topological polar surface area (TPSA) is 81.2 Å². The van der Waals surface area contributed by atoms with Crippen LogP contribution in [0.3, 0.4) is 0 Å². The Bertz CT molecular complexity index is 1180. The van der Waals surface area contributed by atoms with Crippen LogP contribution in [0.25, 0.3) is 0 Å². The monoisotopic (exact) mass is 593 g/mol. The first-order valence-corrected chi connectivity index (χ1v) is 16.6. The molecule has 1 aromatic carbocycles. The Hall–Kier alpha value is -2.58. The molecule has 5 rings (SSSR count). The molecule has 0 aromatic heterocycles. The van der Waals surface area contributed by atoms with E-state index in [1.807, 2.05) is 49.1 Å². The number of nitrogens with zero attached hydrogens (tertiary/aromatic N) is 3. The lowest BCUT2D eigenvalue weighted by atomic mass is 9.65. The summed E-state index contributed by atoms with van der Waals surface area (Å²) in [7, 11) is 0. The molecule has 1 aromatic rings. The third-order valence-corrected chi connectivity index (χ3v) is 12.4. The summed E-state index contributed by atoms with van der Waals surface area (Å²) in [6.45, 7) is 14.5. The highest BCUT2D eigenvalue weighted by Crippen LogP contribution is 2.69. The van der Waals surface area contributed by atoms with Crippen molar-refractivity contribution in [3.05, 3.63) is 55.6 Å². The highest BCUT2D eigenvalue weighted by molar-refractivity contribution is 8.02. The van der Waals surface area contributed by atoms with Gasteiger partial charge in [0.1, 0.15) is 6.04 Å². The molecule has 1 N–H and O–H groups in total. The minimum atomic E-state index is -0.733. The highest BCUT2D eigenvalue weighted by Gasteiger charge is 2.77. The standard InChI is InChI=1S/C34H47N3O4S/c1-6-18-35(24-14-10-8-11-15-24)31(39)28-27-20-23(5)34(42-27)29(28)32(40)37(26(21-38)22(3)4)30(34)33(41)36(19-7-2)25-16-12-9-13-17-25/h6-8,10-11,14-15,22-23,25-30,38H,1-2,9,12-13,16-21H2,3-5H3/t23?,26-,27-,28+,29-,30?,34?/m0/s1. The molecule has 3 unspecified atom stereocenters. The van der Waals surface area contributed by atoms with E-state index in [0.29, 0.717) is 13.1 Å². The molecule has 3 heterocycles. The van der Waals surface area contributed by atoms with Gasteiger partial charge in [-0.05, 0) is 43.2 Å². The first-order chi connectivity index (χ1) is 20.2. The van der Waals surface area contributed by atoms with E-state index in [9.17, 15) is 19.5 Å². The fourth-order valence-electron chi connectivity index (χ4n) is 8.35. The Morgan fingerprint density at radius 1 is 1.10 bits per heavy atom. The van der Waals surface area contributed by atoms with Crippen molar-refractivity contribution >= 4 is 35.2 Å². The van der Waals surface area contributed by atoms with Crippen molar-refractivity contribution < 1.29 is 19.5 Å². The number of aliphatic hydroxyl groups is 1. The van der Waals surface area contributed by atoms with Gasteiger partial charge < -0.3 is 19.8 Å². The van der Waals surface area contributed by atoms with E-state index in [1.54, 1.807) is 33.7 Å². The second-order valence-corrected chi connectivity index (χ2v) is 14.5. The summed E-state index contributed by atoms with van der Waals surface area (Å²) in [6, 6.07) is 8.42. The van der Waals surface area contributed by atoms with E-state index in [-0.39, 0.29) is 47.5 Å². The molecule has 228 valence electrons. The molecule has 8 heteroatoms. The van der Waals surface area contributed by atoms with Crippen molar-refractivity contribution in [3.63, 3.8) is 0 Å². The SMILES string of the molecule is C=CCN(C(=O)[C@@H]1[C@@H]2CC(C)C3(S2)C(C(=O)N(CC=C)C2CCCCC2)N([C@@H](CO)C(C)C)C(=O)[C@H]13)c1ccccc1. The van der Waals surface area contributed by atoms with Crippen LogP contribution in [0.5, 0.6) is 0 Å². The summed E-state index contributed by atoms with van der Waals surface area (Å²) < 4.78 is -0.730. The third-order valence-electron chi connectivity index (χ3n) is 10.3. The summed E-state index contributed by atoms with van der Waals surface area (Å²) >= 11 is 1.70. The van der Waals surface area contributed by atoms with E-state index in [2.05, 4.69) is 20.1 Å². The number of aliphatic hydroxyl groups excluding tert-OH is 1. The largest absolute Gasteiger partial charge is 0.394 e. The summed E-state index contributed by atoms with van der Waals surface area (Å²) in [5.74, 6) is -1.45. The van der Waals surface area contributed by atoms with E-state index >= 15 is 0 Å². The maximum atomic E-state index is 14.9. The average Bonchev–Trinajstić information content (AvgIpc) is 3.59. The Morgan fingerprint density at radius 3 is 2.36 bits per heavy atom. The molecule has 7 nitrogen and oxygen atoms in total. The Balaban J connectivity index is 1.60. The van der Waals surface area contributed by atoms with Gasteiger partial charge in [0.25, 0.3) is 0 Å². The van der Waals surface area contributed by atoms with Crippen LogP contribution in [0.15, 0.2) is 55.6 Å². The molecule has 3 aliphatic heterocycles. The van der Waals surface area contributed by atoms with E-state index in [1.165, 1.54) is 6.42 Å². The van der Waals surface area contributed by atoms with Gasteiger partial charge in [-0.2, -0.15) is 0 Å². The zero-order valence-corrected chi connectivity index (χ0v) is 26.2. The second kappa shape index (κ2) is 12.6. The zero-order valence-electron chi connectivity index (χ0n) is 25.4. The number of amides is 3. The highest BCUT2D eigenvalue weighted by atomic mass is 32.2. The molecular weight excluding hydrogens is 546 g/mol. The molecule has 1 spiro atoms. The van der Waals surface area contributed by atoms with E-state index in [4.69, 9.17) is 0 Å². The molecule has 7 atom stereocenters. The van der Waals surface area contributed by atoms with E-state index in [0.717, 1.165) is 37.8 Å². The number of benzene rings is 1. The molecular formula is C34H47N3O4S. The maximum absolute atomic E-state index is 14.9. The van der Waals surface area contributed by atoms with Gasteiger partial charge in [-0.25, -0.2) is 0 Å². The van der Waals surface area contributed by atoms with Crippen LogP contribution in [0, 0.1) is 23.7 Å². The number of carbonyl (C=O) groups excluding carboxylic acids is 3. The molecule has 4 fully saturated rings. The number of rotatable bonds is 11. The smallest absolute Gasteiger partial charge is 0.247 e. The van der Waals surface area contributed by atoms with Crippen molar-refractivity contribution in [2.75, 3.05) is 24.6 Å². The molecule has 4 aliphatic rings. The van der Waals surface area contributed by atoms with E-state index < -0.39 is 28.7 Å². The number of carbonyl (C=O) groups is 3. The molecule has 3 amide bonds. The number of fused-ring (bicyclic) bond motifs is 1. The van der Waals surface area contributed by atoms with Crippen LogP contribution in [0.4, 0.5) is 5.69 Å². The van der Waals surface area contributed by atoms with Crippen LogP contribution in [0.1, 0.15) is 59.3 Å². The number of likely N-dealkylation sites (tertiary alicyclic amines) is 1. The molecule has 2 bridgehead atoms. The van der Waals surface area contributed by atoms with Crippen molar-refractivity contribution in [1.29, 1.82) is 0 Å². The molecule has 42 heavy (non-hydrogen) atoms. The summed E-state index contributed by atoms with van der Waals surface area (Å²) in [5, 5.41) is 10.6. The predicted octanol–water partition coefficient (Wildman–Crippen LogP) is 4.91. The normalized spacial score (nSPS) is 31.2. The minimum absolute atomic E-state index is 0.0455. The van der Waals surface area contributed by atoms with Crippen LogP contribution in [0.2, 0.25) is 0 Å². The van der Waals surface area contributed by atoms with Crippen LogP contribution in [-0.4, -0.2) is 80.4 Å². The van der Waals surface area contributed by atoms with Gasteiger partial charge in [-0.1, -0.05) is 70.4 Å². The minimum Gasteiger partial charge on any atom is -0.394 e. The van der Waals surface area contributed by atoms with Gasteiger partial charge in [0.2, 0.25) is 17.7 Å². The van der Waals surface area contributed by atoms with Crippen molar-refractivity contribution in [2.24, 2.45) is 23.7 Å². The molecule has 3 saturated heterocycles. The Labute approximate surface area is 255 Å². The van der Waals surface area contributed by atoms with Gasteiger partial charge in [0.05, 0.1) is 29.2 Å². The lowest BCUT2D eigenvalue weighted by Crippen LogP contribution is -2.61. The van der Waals surface area contributed by atoms with Crippen LogP contribution in [-0.2, 0) is 14.4 Å². The quantitative estimate of drug-likeness (QED) is 0.369. The van der Waals surface area contributed by atoms with Gasteiger partial charge >= 0.3 is 0 Å². The molecule has 1 aliphatic carbocycles. The summed E-state index contributed by atoms with van der Waals surface area (Å²) in [4.78, 5) is 49.6. The van der Waals surface area contributed by atoms with Gasteiger partial charge in [0, 0.05) is 30.1 Å². The fraction of sp³-hybridized carbons (Fsp3) is 0.618. The van der Waals surface area contributed by atoms with Crippen molar-refractivity contribution in [1.82, 2.24) is 9.80 Å². The number of thioether (sulfide) groups is 1. The average molecular weight is 594 g/mol. The van der Waals surface area contributed by atoms with Gasteiger partial charge in [-0.15, -0.1) is 24.9 Å². The number of para-hydroxylation sites is 1. The third kappa shape index (κ3) is 4.92. The summed E-state index contributed by atoms with van der Waals surface area (Å²) in [5.41, 5.74) is 0.775. The Kier molecular flexibility index (Phi) is 9.24. The predicted molar refractivity (Wildman–Crippen MR) is 169 cm³/mol. The fourth-order valence-corrected chi connectivity index (χ4v) is 10.7. The second-order valence-electron chi connectivity index (χ2n) is 12.9. The van der Waals surface area contributed by atoms with Crippen molar-refractivity contribution in [2.45, 2.75) is 87.4 Å². The van der Waals surface area contributed by atoms with Crippen LogP contribution >= 0.6 is 11.8 Å². The van der Waals surface area contributed by atoms with Crippen LogP contribution < -0.4 is 4.90 Å². The van der Waals surface area contributed by atoms with Gasteiger partial charge in [-0.3, -0.25) is 14.4 Å².